The molecule has 3 rings (SSSR count). The zero-order valence-electron chi connectivity index (χ0n) is 11.3. The van der Waals surface area contributed by atoms with E-state index in [1.54, 1.807) is 0 Å². The number of ether oxygens (including phenoxy) is 5. The molecule has 4 atom stereocenters. The fourth-order valence-electron chi connectivity index (χ4n) is 2.67. The van der Waals surface area contributed by atoms with Crippen molar-refractivity contribution in [3.8, 4) is 0 Å². The van der Waals surface area contributed by atoms with Crippen LogP contribution in [-0.4, -0.2) is 42.8 Å². The first-order valence-electron chi connectivity index (χ1n) is 6.29. The van der Waals surface area contributed by atoms with Gasteiger partial charge in [0.05, 0.1) is 6.61 Å². The highest BCUT2D eigenvalue weighted by molar-refractivity contribution is 5.20. The lowest BCUT2D eigenvalue weighted by atomic mass is 10.0. The molecule has 0 amide bonds. The van der Waals surface area contributed by atoms with E-state index in [4.69, 9.17) is 23.7 Å². The summed E-state index contributed by atoms with van der Waals surface area (Å²) in [6.45, 7) is 12.1. The Balaban J connectivity index is 1.70. The summed E-state index contributed by atoms with van der Waals surface area (Å²) < 4.78 is 28.7. The van der Waals surface area contributed by atoms with Crippen molar-refractivity contribution >= 4 is 0 Å². The van der Waals surface area contributed by atoms with Crippen molar-refractivity contribution in [1.29, 1.82) is 0 Å². The number of hydrogen-bond acceptors (Lipinski definition) is 5. The molecule has 5 nitrogen and oxygen atoms in total. The Morgan fingerprint density at radius 3 is 2.28 bits per heavy atom. The van der Waals surface area contributed by atoms with Crippen molar-refractivity contribution in [3.63, 3.8) is 0 Å². The zero-order valence-corrected chi connectivity index (χ0v) is 11.3. The van der Waals surface area contributed by atoms with E-state index in [-0.39, 0.29) is 24.6 Å². The summed E-state index contributed by atoms with van der Waals surface area (Å²) in [6, 6.07) is 0. The fraction of sp³-hybridized carbons (Fsp3) is 0.846. The van der Waals surface area contributed by atoms with E-state index in [0.29, 0.717) is 6.61 Å². The van der Waals surface area contributed by atoms with Gasteiger partial charge in [-0.15, -0.1) is 0 Å². The topological polar surface area (TPSA) is 46.2 Å². The van der Waals surface area contributed by atoms with Gasteiger partial charge in [-0.3, -0.25) is 0 Å². The molecule has 0 bridgehead atoms. The average molecular weight is 256 g/mol. The summed E-state index contributed by atoms with van der Waals surface area (Å²) >= 11 is 0. The van der Waals surface area contributed by atoms with Gasteiger partial charge >= 0.3 is 0 Å². The second-order valence-electron chi connectivity index (χ2n) is 5.92. The van der Waals surface area contributed by atoms with Crippen molar-refractivity contribution in [2.45, 2.75) is 63.9 Å². The molecule has 0 aromatic carbocycles. The Morgan fingerprint density at radius 2 is 1.72 bits per heavy atom. The predicted octanol–water partition coefficient (Wildman–Crippen LogP) is 1.57. The van der Waals surface area contributed by atoms with Crippen molar-refractivity contribution < 1.29 is 23.7 Å². The van der Waals surface area contributed by atoms with Gasteiger partial charge < -0.3 is 23.7 Å². The summed E-state index contributed by atoms with van der Waals surface area (Å²) in [5, 5.41) is 0. The van der Waals surface area contributed by atoms with E-state index in [1.807, 2.05) is 27.7 Å². The molecule has 0 saturated carbocycles. The standard InChI is InChI=1S/C13H20O5/c1-7-9(8-6-14-12(2,3)16-8)15-11-10(7)17-13(4,5)18-11/h8-11H,1,6H2,2-5H3. The van der Waals surface area contributed by atoms with E-state index < -0.39 is 11.6 Å². The minimum absolute atomic E-state index is 0.145. The summed E-state index contributed by atoms with van der Waals surface area (Å²) in [6.07, 6.45) is -0.964. The predicted molar refractivity (Wildman–Crippen MR) is 62.7 cm³/mol. The number of rotatable bonds is 1. The van der Waals surface area contributed by atoms with Crippen LogP contribution in [0.3, 0.4) is 0 Å². The van der Waals surface area contributed by atoms with Crippen LogP contribution in [0.5, 0.6) is 0 Å². The fourth-order valence-corrected chi connectivity index (χ4v) is 2.67. The molecule has 0 spiro atoms. The third-order valence-corrected chi connectivity index (χ3v) is 3.44. The molecule has 3 fully saturated rings. The van der Waals surface area contributed by atoms with Gasteiger partial charge in [0.2, 0.25) is 0 Å². The van der Waals surface area contributed by atoms with Crippen molar-refractivity contribution in [3.05, 3.63) is 12.2 Å². The molecular formula is C13H20O5. The van der Waals surface area contributed by atoms with Gasteiger partial charge in [0.25, 0.3) is 0 Å². The Bertz CT molecular complexity index is 376. The van der Waals surface area contributed by atoms with Crippen molar-refractivity contribution in [2.24, 2.45) is 0 Å². The van der Waals surface area contributed by atoms with Crippen LogP contribution in [0.1, 0.15) is 27.7 Å². The van der Waals surface area contributed by atoms with Gasteiger partial charge in [-0.25, -0.2) is 0 Å². The minimum atomic E-state index is -0.616. The Hall–Kier alpha value is -0.460. The summed E-state index contributed by atoms with van der Waals surface area (Å²) in [5.74, 6) is -1.18. The van der Waals surface area contributed by atoms with Gasteiger partial charge in [-0.05, 0) is 33.3 Å². The summed E-state index contributed by atoms with van der Waals surface area (Å²) in [7, 11) is 0. The molecule has 102 valence electrons. The second kappa shape index (κ2) is 3.77. The maximum atomic E-state index is 5.86. The molecule has 0 aromatic heterocycles. The number of fused-ring (bicyclic) bond motifs is 1. The van der Waals surface area contributed by atoms with Gasteiger partial charge in [0.1, 0.15) is 18.3 Å². The summed E-state index contributed by atoms with van der Waals surface area (Å²) in [4.78, 5) is 0. The van der Waals surface area contributed by atoms with E-state index in [1.165, 1.54) is 0 Å². The smallest absolute Gasteiger partial charge is 0.191 e. The molecule has 5 heteroatoms. The Kier molecular flexibility index (Phi) is 2.63. The lowest BCUT2D eigenvalue weighted by molar-refractivity contribution is -0.215. The Morgan fingerprint density at radius 1 is 1.00 bits per heavy atom. The van der Waals surface area contributed by atoms with Crippen molar-refractivity contribution in [2.75, 3.05) is 6.61 Å². The highest BCUT2D eigenvalue weighted by Gasteiger charge is 2.54. The maximum Gasteiger partial charge on any atom is 0.191 e. The molecule has 0 N–H and O–H groups in total. The first kappa shape index (κ1) is 12.6. The van der Waals surface area contributed by atoms with E-state index in [2.05, 4.69) is 6.58 Å². The third kappa shape index (κ3) is 2.00. The Labute approximate surface area is 107 Å². The normalized spacial score (nSPS) is 45.4. The molecule has 3 saturated heterocycles. The molecular weight excluding hydrogens is 236 g/mol. The SMILES string of the molecule is C=C1C(C2COC(C)(C)O2)OC2OC(C)(C)OC12. The molecule has 0 aliphatic carbocycles. The first-order valence-corrected chi connectivity index (χ1v) is 6.29. The third-order valence-electron chi connectivity index (χ3n) is 3.44. The maximum absolute atomic E-state index is 5.86. The van der Waals surface area contributed by atoms with Gasteiger partial charge in [0.15, 0.2) is 17.9 Å². The quantitative estimate of drug-likeness (QED) is 0.666. The minimum Gasteiger partial charge on any atom is -0.348 e. The lowest BCUT2D eigenvalue weighted by Gasteiger charge is -2.24. The van der Waals surface area contributed by atoms with Crippen LogP contribution < -0.4 is 0 Å². The van der Waals surface area contributed by atoms with E-state index in [0.717, 1.165) is 5.57 Å². The van der Waals surface area contributed by atoms with Crippen LogP contribution in [-0.2, 0) is 23.7 Å². The van der Waals surface area contributed by atoms with Crippen LogP contribution >= 0.6 is 0 Å². The molecule has 0 radical (unpaired) electrons. The monoisotopic (exact) mass is 256 g/mol. The average Bonchev–Trinajstić information content (AvgIpc) is 2.81. The highest BCUT2D eigenvalue weighted by atomic mass is 16.8. The lowest BCUT2D eigenvalue weighted by Crippen LogP contribution is -2.34. The van der Waals surface area contributed by atoms with E-state index >= 15 is 0 Å². The number of hydrogen-bond donors (Lipinski definition) is 0. The van der Waals surface area contributed by atoms with Gasteiger partial charge in [0, 0.05) is 0 Å². The van der Waals surface area contributed by atoms with E-state index in [9.17, 15) is 0 Å². The van der Waals surface area contributed by atoms with Crippen LogP contribution in [0, 0.1) is 0 Å². The summed E-state index contributed by atoms with van der Waals surface area (Å²) in [5.41, 5.74) is 0.872. The largest absolute Gasteiger partial charge is 0.348 e. The molecule has 0 aromatic rings. The molecule has 3 aliphatic rings. The van der Waals surface area contributed by atoms with Crippen LogP contribution in [0.2, 0.25) is 0 Å². The van der Waals surface area contributed by atoms with Crippen molar-refractivity contribution in [1.82, 2.24) is 0 Å². The van der Waals surface area contributed by atoms with Crippen LogP contribution in [0.25, 0.3) is 0 Å². The van der Waals surface area contributed by atoms with Gasteiger partial charge in [-0.1, -0.05) is 6.58 Å². The van der Waals surface area contributed by atoms with Crippen LogP contribution in [0.4, 0.5) is 0 Å². The van der Waals surface area contributed by atoms with Gasteiger partial charge in [-0.2, -0.15) is 0 Å². The first-order chi connectivity index (χ1) is 8.27. The molecule has 4 unspecified atom stereocenters. The highest BCUT2D eigenvalue weighted by Crippen LogP contribution is 2.42. The second-order valence-corrected chi connectivity index (χ2v) is 5.92. The molecule has 3 aliphatic heterocycles. The van der Waals surface area contributed by atoms with Crippen LogP contribution in [0.15, 0.2) is 12.2 Å². The molecule has 3 heterocycles. The molecule has 18 heavy (non-hydrogen) atoms. The zero-order chi connectivity index (χ0) is 13.1.